The van der Waals surface area contributed by atoms with E-state index in [0.717, 1.165) is 19.6 Å². The van der Waals surface area contributed by atoms with E-state index in [4.69, 9.17) is 15.2 Å². The molecule has 2 heterocycles. The lowest BCUT2D eigenvalue weighted by molar-refractivity contribution is -0.0963. The Kier molecular flexibility index (Phi) is 12.1. The van der Waals surface area contributed by atoms with Gasteiger partial charge >= 0.3 is 5.69 Å². The van der Waals surface area contributed by atoms with Gasteiger partial charge in [0.1, 0.15) is 12.6 Å². The first kappa shape index (κ1) is 17.6. The summed E-state index contributed by atoms with van der Waals surface area (Å²) in [4.78, 5) is 15.9. The van der Waals surface area contributed by atoms with Crippen LogP contribution in [0.4, 0.5) is 5.82 Å². The maximum absolute atomic E-state index is 10.2. The van der Waals surface area contributed by atoms with Crippen molar-refractivity contribution in [2.45, 2.75) is 39.5 Å². The molecule has 0 spiro atoms. The lowest BCUT2D eigenvalue weighted by Crippen LogP contribution is -2.11. The molecule has 3 N–H and O–H groups in total. The highest BCUT2D eigenvalue weighted by Crippen LogP contribution is 1.91. The zero-order valence-electron chi connectivity index (χ0n) is 11.9. The van der Waals surface area contributed by atoms with Gasteiger partial charge in [-0.05, 0) is 12.5 Å². The molecule has 0 amide bonds. The molecule has 1 saturated heterocycles. The van der Waals surface area contributed by atoms with Gasteiger partial charge in [0.05, 0.1) is 13.2 Å². The molecular formula is C13H25N3O3. The normalized spacial score (nSPS) is 13.6. The summed E-state index contributed by atoms with van der Waals surface area (Å²) in [5, 5.41) is 0. The van der Waals surface area contributed by atoms with Gasteiger partial charge in [-0.3, -0.25) is 0 Å². The molecule has 2 rings (SSSR count). The van der Waals surface area contributed by atoms with Crippen LogP contribution in [0.5, 0.6) is 0 Å². The summed E-state index contributed by atoms with van der Waals surface area (Å²) >= 11 is 0. The van der Waals surface area contributed by atoms with E-state index in [0.29, 0.717) is 6.79 Å². The summed E-state index contributed by atoms with van der Waals surface area (Å²) < 4.78 is 9.69. The Balaban J connectivity index is 0.000000265. The van der Waals surface area contributed by atoms with E-state index in [-0.39, 0.29) is 5.82 Å². The molecule has 6 nitrogen and oxygen atoms in total. The first-order valence-corrected chi connectivity index (χ1v) is 6.67. The average molecular weight is 271 g/mol. The van der Waals surface area contributed by atoms with E-state index in [2.05, 4.69) is 23.8 Å². The van der Waals surface area contributed by atoms with E-state index in [1.165, 1.54) is 31.5 Å². The number of rotatable bonds is 2. The van der Waals surface area contributed by atoms with Gasteiger partial charge in [-0.25, -0.2) is 4.79 Å². The highest BCUT2D eigenvalue weighted by atomic mass is 16.7. The van der Waals surface area contributed by atoms with Crippen LogP contribution in [0.25, 0.3) is 0 Å². The molecule has 19 heavy (non-hydrogen) atoms. The molecule has 1 aromatic heterocycles. The van der Waals surface area contributed by atoms with E-state index in [9.17, 15) is 4.79 Å². The predicted molar refractivity (Wildman–Crippen MR) is 75.9 cm³/mol. The number of hydrogen-bond donors (Lipinski definition) is 2. The van der Waals surface area contributed by atoms with Crippen LogP contribution in [0.15, 0.2) is 17.1 Å². The molecule has 0 aliphatic carbocycles. The molecule has 0 unspecified atom stereocenters. The Morgan fingerprint density at radius 2 is 1.95 bits per heavy atom. The SMILES string of the molecule is C1COCOC1.CCCCC.Nc1cc[nH]c(=O)n1. The average Bonchev–Trinajstić information content (AvgIpc) is 2.43. The maximum Gasteiger partial charge on any atom is 0.346 e. The fourth-order valence-corrected chi connectivity index (χ4v) is 1.18. The van der Waals surface area contributed by atoms with Crippen LogP contribution < -0.4 is 11.4 Å². The quantitative estimate of drug-likeness (QED) is 0.857. The Bertz CT molecular complexity index is 337. The third-order valence-electron chi connectivity index (χ3n) is 2.14. The van der Waals surface area contributed by atoms with Crippen molar-refractivity contribution in [2.24, 2.45) is 0 Å². The van der Waals surface area contributed by atoms with Crippen molar-refractivity contribution in [3.63, 3.8) is 0 Å². The maximum atomic E-state index is 10.2. The monoisotopic (exact) mass is 271 g/mol. The number of nitrogens with zero attached hydrogens (tertiary/aromatic N) is 1. The lowest BCUT2D eigenvalue weighted by Gasteiger charge is -2.09. The van der Waals surface area contributed by atoms with Crippen molar-refractivity contribution in [2.75, 3.05) is 25.7 Å². The highest BCUT2D eigenvalue weighted by Gasteiger charge is 1.94. The van der Waals surface area contributed by atoms with E-state index >= 15 is 0 Å². The lowest BCUT2D eigenvalue weighted by atomic mass is 10.3. The molecule has 6 heteroatoms. The summed E-state index contributed by atoms with van der Waals surface area (Å²) in [5.74, 6) is 0.244. The molecule has 1 aliphatic heterocycles. The minimum atomic E-state index is -0.412. The summed E-state index contributed by atoms with van der Waals surface area (Å²) in [7, 11) is 0. The fraction of sp³-hybridized carbons (Fsp3) is 0.692. The van der Waals surface area contributed by atoms with Gasteiger partial charge < -0.3 is 20.2 Å². The van der Waals surface area contributed by atoms with Gasteiger partial charge in [0, 0.05) is 6.20 Å². The third kappa shape index (κ3) is 12.8. The van der Waals surface area contributed by atoms with Crippen LogP contribution in [-0.2, 0) is 9.47 Å². The second-order valence-corrected chi connectivity index (χ2v) is 3.96. The van der Waals surface area contributed by atoms with Gasteiger partial charge in [-0.2, -0.15) is 4.98 Å². The standard InChI is InChI=1S/C5H12.C4H5N3O.C4H8O2/c1-3-5-4-2;5-3-1-2-6-4(8)7-3;1-2-5-4-6-3-1/h3-5H2,1-2H3;1-2H,(H3,5,6,7,8);1-4H2. The zero-order chi connectivity index (χ0) is 14.3. The number of anilines is 1. The van der Waals surface area contributed by atoms with Crippen molar-refractivity contribution in [3.8, 4) is 0 Å². The molecule has 1 fully saturated rings. The first-order valence-electron chi connectivity index (χ1n) is 6.67. The number of nitrogens with two attached hydrogens (primary N) is 1. The number of nitrogens with one attached hydrogen (secondary N) is 1. The molecule has 0 aromatic carbocycles. The van der Waals surface area contributed by atoms with Crippen molar-refractivity contribution < 1.29 is 9.47 Å². The predicted octanol–water partition coefficient (Wildman–Crippen LogP) is 1.93. The van der Waals surface area contributed by atoms with Gasteiger partial charge in [0.2, 0.25) is 0 Å². The minimum Gasteiger partial charge on any atom is -0.383 e. The van der Waals surface area contributed by atoms with Gasteiger partial charge in [0.25, 0.3) is 0 Å². The number of unbranched alkanes of at least 4 members (excludes halogenated alkanes) is 2. The Morgan fingerprint density at radius 1 is 1.32 bits per heavy atom. The van der Waals surface area contributed by atoms with E-state index < -0.39 is 5.69 Å². The topological polar surface area (TPSA) is 90.2 Å². The van der Waals surface area contributed by atoms with Crippen molar-refractivity contribution in [1.29, 1.82) is 0 Å². The van der Waals surface area contributed by atoms with Crippen molar-refractivity contribution >= 4 is 5.82 Å². The Morgan fingerprint density at radius 3 is 2.16 bits per heavy atom. The van der Waals surface area contributed by atoms with Crippen LogP contribution in [0.3, 0.4) is 0 Å². The van der Waals surface area contributed by atoms with Gasteiger partial charge in [0.15, 0.2) is 0 Å². The number of hydrogen-bond acceptors (Lipinski definition) is 5. The molecular weight excluding hydrogens is 246 g/mol. The summed E-state index contributed by atoms with van der Waals surface area (Å²) in [5.41, 5.74) is 4.72. The minimum absolute atomic E-state index is 0.244. The Labute approximate surface area is 114 Å². The zero-order valence-corrected chi connectivity index (χ0v) is 11.9. The van der Waals surface area contributed by atoms with Crippen molar-refractivity contribution in [3.05, 3.63) is 22.7 Å². The molecule has 0 atom stereocenters. The summed E-state index contributed by atoms with van der Waals surface area (Å²) in [6.45, 7) is 6.67. The summed E-state index contributed by atoms with van der Waals surface area (Å²) in [6, 6.07) is 1.52. The molecule has 1 aromatic rings. The number of ether oxygens (including phenoxy) is 2. The number of aromatic amines is 1. The van der Waals surface area contributed by atoms with E-state index in [1.807, 2.05) is 0 Å². The number of H-pyrrole nitrogens is 1. The van der Waals surface area contributed by atoms with E-state index in [1.54, 1.807) is 0 Å². The smallest absolute Gasteiger partial charge is 0.346 e. The number of aromatic nitrogens is 2. The van der Waals surface area contributed by atoms with Crippen molar-refractivity contribution in [1.82, 2.24) is 9.97 Å². The van der Waals surface area contributed by atoms with Gasteiger partial charge in [-0.1, -0.05) is 33.1 Å². The second kappa shape index (κ2) is 13.0. The molecule has 110 valence electrons. The third-order valence-corrected chi connectivity index (χ3v) is 2.14. The Hall–Kier alpha value is -1.40. The highest BCUT2D eigenvalue weighted by molar-refractivity contribution is 5.22. The largest absolute Gasteiger partial charge is 0.383 e. The summed E-state index contributed by atoms with van der Waals surface area (Å²) in [6.07, 6.45) is 6.58. The van der Waals surface area contributed by atoms with Crippen LogP contribution in [-0.4, -0.2) is 30.0 Å². The van der Waals surface area contributed by atoms with Crippen LogP contribution in [0.1, 0.15) is 39.5 Å². The molecule has 0 bridgehead atoms. The second-order valence-electron chi connectivity index (χ2n) is 3.96. The fourth-order valence-electron chi connectivity index (χ4n) is 1.18. The van der Waals surface area contributed by atoms with Crippen LogP contribution in [0, 0.1) is 0 Å². The van der Waals surface area contributed by atoms with Gasteiger partial charge in [-0.15, -0.1) is 0 Å². The van der Waals surface area contributed by atoms with Crippen LogP contribution >= 0.6 is 0 Å². The van der Waals surface area contributed by atoms with Crippen LogP contribution in [0.2, 0.25) is 0 Å². The number of nitrogen functional groups attached to an aromatic ring is 1. The molecule has 0 saturated carbocycles. The molecule has 1 aliphatic rings. The first-order chi connectivity index (χ1) is 9.20. The molecule has 0 radical (unpaired) electrons.